The second-order valence-corrected chi connectivity index (χ2v) is 6.75. The average Bonchev–Trinajstić information content (AvgIpc) is 2.84. The minimum atomic E-state index is -1.58. The Morgan fingerprint density at radius 2 is 2.24 bits per heavy atom. The summed E-state index contributed by atoms with van der Waals surface area (Å²) in [6.45, 7) is 2.61. The third kappa shape index (κ3) is 5.28. The molecule has 1 aromatic heterocycles. The number of fused-ring (bicyclic) bond motifs is 1. The summed E-state index contributed by atoms with van der Waals surface area (Å²) in [5.74, 6) is 1.77. The highest BCUT2D eigenvalue weighted by atomic mass is 32.2. The lowest BCUT2D eigenvalue weighted by Crippen LogP contribution is -1.89. The highest BCUT2D eigenvalue weighted by molar-refractivity contribution is 8.01. The number of thiazole rings is 1. The van der Waals surface area contributed by atoms with E-state index >= 15 is 0 Å². The number of aromatic nitrogens is 1. The summed E-state index contributed by atoms with van der Waals surface area (Å²) in [5.41, 5.74) is 0.980. The van der Waals surface area contributed by atoms with Gasteiger partial charge in [-0.15, -0.1) is 11.3 Å². The molecule has 114 valence electrons. The second kappa shape index (κ2) is 8.34. The normalized spacial score (nSPS) is 10.8. The largest absolute Gasteiger partial charge is 0.494 e. The number of hydrogen-bond acceptors (Lipinski definition) is 4. The van der Waals surface area contributed by atoms with Crippen molar-refractivity contribution in [2.45, 2.75) is 30.5 Å². The van der Waals surface area contributed by atoms with E-state index in [-0.39, 0.29) is 0 Å². The molecule has 0 bridgehead atoms. The average molecular weight is 329 g/mol. The van der Waals surface area contributed by atoms with Gasteiger partial charge in [0.1, 0.15) is 5.75 Å². The van der Waals surface area contributed by atoms with E-state index < -0.39 is 6.08 Å². The van der Waals surface area contributed by atoms with Crippen LogP contribution in [-0.2, 0) is 0 Å². The predicted molar refractivity (Wildman–Crippen MR) is 85.7 cm³/mol. The van der Waals surface area contributed by atoms with Crippen LogP contribution in [0.1, 0.15) is 26.2 Å². The Labute approximate surface area is 131 Å². The molecule has 2 nitrogen and oxygen atoms in total. The first kappa shape index (κ1) is 16.2. The van der Waals surface area contributed by atoms with Crippen molar-refractivity contribution in [1.29, 1.82) is 0 Å². The van der Waals surface area contributed by atoms with Crippen molar-refractivity contribution in [1.82, 2.24) is 4.98 Å². The van der Waals surface area contributed by atoms with Crippen LogP contribution in [0, 0.1) is 0 Å². The van der Waals surface area contributed by atoms with Gasteiger partial charge in [-0.2, -0.15) is 8.78 Å². The maximum absolute atomic E-state index is 11.9. The number of halogens is 2. The van der Waals surface area contributed by atoms with Crippen molar-refractivity contribution in [3.63, 3.8) is 0 Å². The number of unbranched alkanes of at least 4 members (excludes halogenated alkanes) is 2. The molecule has 2 aromatic rings. The first-order chi connectivity index (χ1) is 10.2. The third-order valence-electron chi connectivity index (χ3n) is 2.77. The molecule has 2 rings (SSSR count). The maximum atomic E-state index is 11.9. The van der Waals surface area contributed by atoms with Crippen LogP contribution in [0.4, 0.5) is 8.78 Å². The molecule has 0 unspecified atom stereocenters. The van der Waals surface area contributed by atoms with Gasteiger partial charge in [-0.3, -0.25) is 0 Å². The van der Waals surface area contributed by atoms with Gasteiger partial charge in [-0.05, 0) is 50.5 Å². The van der Waals surface area contributed by atoms with E-state index in [4.69, 9.17) is 4.74 Å². The Hall–Kier alpha value is -1.14. The SMILES string of the molecule is CCOc1ccc2nc(SCCCCC=C(F)F)sc2c1. The van der Waals surface area contributed by atoms with Crippen molar-refractivity contribution in [3.05, 3.63) is 30.4 Å². The lowest BCUT2D eigenvalue weighted by molar-refractivity contribution is 0.341. The monoisotopic (exact) mass is 329 g/mol. The van der Waals surface area contributed by atoms with Gasteiger partial charge in [0.05, 0.1) is 16.8 Å². The molecule has 0 saturated carbocycles. The van der Waals surface area contributed by atoms with E-state index in [0.29, 0.717) is 13.0 Å². The van der Waals surface area contributed by atoms with E-state index in [1.807, 2.05) is 25.1 Å². The van der Waals surface area contributed by atoms with Crippen molar-refractivity contribution in [2.75, 3.05) is 12.4 Å². The number of rotatable bonds is 8. The summed E-state index contributed by atoms with van der Waals surface area (Å²) in [6.07, 6.45) is 1.54. The Bertz CT molecular complexity index is 609. The quantitative estimate of drug-likeness (QED) is 0.455. The molecule has 1 heterocycles. The van der Waals surface area contributed by atoms with Crippen molar-refractivity contribution >= 4 is 33.3 Å². The molecule has 21 heavy (non-hydrogen) atoms. The minimum absolute atomic E-state index is 0.445. The Morgan fingerprint density at radius 1 is 1.38 bits per heavy atom. The second-order valence-electron chi connectivity index (χ2n) is 4.38. The van der Waals surface area contributed by atoms with E-state index in [0.717, 1.165) is 45.0 Å². The van der Waals surface area contributed by atoms with Gasteiger partial charge in [-0.25, -0.2) is 4.98 Å². The number of thioether (sulfide) groups is 1. The van der Waals surface area contributed by atoms with E-state index in [2.05, 4.69) is 4.98 Å². The summed E-state index contributed by atoms with van der Waals surface area (Å²) < 4.78 is 31.3. The molecule has 0 aliphatic rings. The lowest BCUT2D eigenvalue weighted by Gasteiger charge is -2.00. The standard InChI is InChI=1S/C15H17F2NOS2/c1-2-19-11-7-8-12-13(10-11)21-15(18-12)20-9-5-3-4-6-14(16)17/h6-8,10H,2-5,9H2,1H3. The highest BCUT2D eigenvalue weighted by Gasteiger charge is 2.05. The predicted octanol–water partition coefficient (Wildman–Crippen LogP) is 5.74. The molecule has 0 radical (unpaired) electrons. The van der Waals surface area contributed by atoms with Crippen LogP contribution >= 0.6 is 23.1 Å². The number of allylic oxidation sites excluding steroid dienone is 1. The molecule has 0 fully saturated rings. The first-order valence-corrected chi connectivity index (χ1v) is 8.66. The Balaban J connectivity index is 1.83. The number of benzene rings is 1. The fourth-order valence-corrected chi connectivity index (χ4v) is 3.99. The van der Waals surface area contributed by atoms with Crippen LogP contribution in [0.25, 0.3) is 10.2 Å². The van der Waals surface area contributed by atoms with Crippen LogP contribution in [0.15, 0.2) is 34.7 Å². The van der Waals surface area contributed by atoms with Crippen LogP contribution in [0.3, 0.4) is 0 Å². The molecular formula is C15H17F2NOS2. The fourth-order valence-electron chi connectivity index (χ4n) is 1.82. The van der Waals surface area contributed by atoms with Crippen LogP contribution in [-0.4, -0.2) is 17.3 Å². The van der Waals surface area contributed by atoms with Gasteiger partial charge in [0.25, 0.3) is 6.08 Å². The number of ether oxygens (including phenoxy) is 1. The topological polar surface area (TPSA) is 22.1 Å². The zero-order chi connectivity index (χ0) is 15.1. The summed E-state index contributed by atoms with van der Waals surface area (Å²) >= 11 is 3.33. The van der Waals surface area contributed by atoms with Crippen molar-refractivity contribution in [2.24, 2.45) is 0 Å². The highest BCUT2D eigenvalue weighted by Crippen LogP contribution is 2.32. The molecular weight excluding hydrogens is 312 g/mol. The van der Waals surface area contributed by atoms with Gasteiger partial charge in [0.2, 0.25) is 0 Å². The Kier molecular flexibility index (Phi) is 6.45. The summed E-state index contributed by atoms with van der Waals surface area (Å²) in [5, 5.41) is 0. The van der Waals surface area contributed by atoms with Gasteiger partial charge in [0, 0.05) is 5.75 Å². The molecule has 0 spiro atoms. The summed E-state index contributed by atoms with van der Waals surface area (Å²) in [7, 11) is 0. The fraction of sp³-hybridized carbons (Fsp3) is 0.400. The smallest absolute Gasteiger partial charge is 0.266 e. The molecule has 0 saturated heterocycles. The van der Waals surface area contributed by atoms with Gasteiger partial charge in [0.15, 0.2) is 4.34 Å². The maximum Gasteiger partial charge on any atom is 0.266 e. The molecule has 0 amide bonds. The van der Waals surface area contributed by atoms with Gasteiger partial charge >= 0.3 is 0 Å². The van der Waals surface area contributed by atoms with Gasteiger partial charge < -0.3 is 4.74 Å². The molecule has 6 heteroatoms. The van der Waals surface area contributed by atoms with Crippen molar-refractivity contribution in [3.8, 4) is 5.75 Å². The Morgan fingerprint density at radius 3 is 3.00 bits per heavy atom. The number of nitrogens with zero attached hydrogens (tertiary/aromatic N) is 1. The molecule has 0 aliphatic carbocycles. The van der Waals surface area contributed by atoms with E-state index in [1.165, 1.54) is 0 Å². The first-order valence-electron chi connectivity index (χ1n) is 6.86. The molecule has 0 aliphatic heterocycles. The summed E-state index contributed by atoms with van der Waals surface area (Å²) in [4.78, 5) is 4.55. The van der Waals surface area contributed by atoms with Crippen molar-refractivity contribution < 1.29 is 13.5 Å². The zero-order valence-corrected chi connectivity index (χ0v) is 13.4. The van der Waals surface area contributed by atoms with Crippen LogP contribution in [0.2, 0.25) is 0 Å². The third-order valence-corrected chi connectivity index (χ3v) is 5.02. The van der Waals surface area contributed by atoms with Crippen LogP contribution in [0.5, 0.6) is 5.75 Å². The summed E-state index contributed by atoms with van der Waals surface area (Å²) in [6, 6.07) is 5.91. The van der Waals surface area contributed by atoms with E-state index in [1.54, 1.807) is 23.1 Å². The molecule has 1 aromatic carbocycles. The molecule has 0 N–H and O–H groups in total. The minimum Gasteiger partial charge on any atom is -0.494 e. The zero-order valence-electron chi connectivity index (χ0n) is 11.8. The van der Waals surface area contributed by atoms with E-state index in [9.17, 15) is 8.78 Å². The number of hydrogen-bond donors (Lipinski definition) is 0. The van der Waals surface area contributed by atoms with Gasteiger partial charge in [-0.1, -0.05) is 11.8 Å². The lowest BCUT2D eigenvalue weighted by atomic mass is 10.2. The van der Waals surface area contributed by atoms with Crippen LogP contribution < -0.4 is 4.74 Å². The molecule has 0 atom stereocenters.